The van der Waals surface area contributed by atoms with E-state index in [1.807, 2.05) is 32.8 Å². The second kappa shape index (κ2) is 6.08. The lowest BCUT2D eigenvalue weighted by Gasteiger charge is -2.40. The first-order chi connectivity index (χ1) is 6.93. The fraction of sp³-hybridized carbons (Fsp3) is 0.909. The Kier molecular flexibility index (Phi) is 5.83. The number of carbonyl (C=O) groups excluding carboxylic acids is 1. The van der Waals surface area contributed by atoms with Crippen LogP contribution in [0.2, 0.25) is 0 Å². The molecule has 0 fully saturated rings. The van der Waals surface area contributed by atoms with Gasteiger partial charge in [0.05, 0.1) is 12.5 Å². The van der Waals surface area contributed by atoms with Crippen molar-refractivity contribution in [2.75, 3.05) is 27.2 Å². The van der Waals surface area contributed by atoms with Crippen molar-refractivity contribution < 1.29 is 9.53 Å². The van der Waals surface area contributed by atoms with Gasteiger partial charge in [0.25, 0.3) is 0 Å². The third-order valence-corrected chi connectivity index (χ3v) is 3.29. The fourth-order valence-electron chi connectivity index (χ4n) is 1.72. The third-order valence-electron chi connectivity index (χ3n) is 3.29. The molecule has 0 unspecified atom stereocenters. The molecule has 0 aromatic carbocycles. The number of ether oxygens (including phenoxy) is 1. The minimum absolute atomic E-state index is 0.196. The summed E-state index contributed by atoms with van der Waals surface area (Å²) in [6.45, 7) is 6.64. The van der Waals surface area contributed by atoms with Gasteiger partial charge in [0.2, 0.25) is 0 Å². The Morgan fingerprint density at radius 2 is 2.00 bits per heavy atom. The maximum absolute atomic E-state index is 11.8. The van der Waals surface area contributed by atoms with Crippen LogP contribution < -0.4 is 5.73 Å². The molecule has 0 aromatic heterocycles. The average molecular weight is 216 g/mol. The Bertz CT molecular complexity index is 207. The molecule has 2 atom stereocenters. The normalized spacial score (nSPS) is 17.3. The number of rotatable bonds is 6. The van der Waals surface area contributed by atoms with E-state index in [1.165, 1.54) is 0 Å². The molecule has 0 radical (unpaired) electrons. The lowest BCUT2D eigenvalue weighted by molar-refractivity contribution is -0.152. The second-order valence-electron chi connectivity index (χ2n) is 4.15. The molecule has 0 amide bonds. The van der Waals surface area contributed by atoms with Crippen LogP contribution in [0.4, 0.5) is 0 Å². The quantitative estimate of drug-likeness (QED) is 0.669. The lowest BCUT2D eigenvalue weighted by atomic mass is 9.82. The molecular weight excluding hydrogens is 192 g/mol. The summed E-state index contributed by atoms with van der Waals surface area (Å²) in [6, 6.07) is 0. The Morgan fingerprint density at radius 1 is 1.47 bits per heavy atom. The van der Waals surface area contributed by atoms with E-state index in [2.05, 4.69) is 6.92 Å². The van der Waals surface area contributed by atoms with Gasteiger partial charge in [0, 0.05) is 12.1 Å². The van der Waals surface area contributed by atoms with Crippen molar-refractivity contribution in [2.24, 2.45) is 11.7 Å². The van der Waals surface area contributed by atoms with E-state index in [-0.39, 0.29) is 17.4 Å². The smallest absolute Gasteiger partial charge is 0.312 e. The van der Waals surface area contributed by atoms with Crippen LogP contribution in [0.3, 0.4) is 0 Å². The molecule has 0 saturated carbocycles. The van der Waals surface area contributed by atoms with Gasteiger partial charge in [-0.1, -0.05) is 6.92 Å². The predicted octanol–water partition coefficient (Wildman–Crippen LogP) is 0.855. The molecule has 0 aliphatic rings. The molecule has 0 saturated heterocycles. The number of esters is 1. The molecule has 0 heterocycles. The first-order valence-corrected chi connectivity index (χ1v) is 5.48. The monoisotopic (exact) mass is 216 g/mol. The summed E-state index contributed by atoms with van der Waals surface area (Å²) in [7, 11) is 3.93. The Labute approximate surface area is 92.8 Å². The van der Waals surface area contributed by atoms with Gasteiger partial charge < -0.3 is 15.4 Å². The highest BCUT2D eigenvalue weighted by Gasteiger charge is 2.39. The first-order valence-electron chi connectivity index (χ1n) is 5.48. The molecule has 0 aromatic rings. The number of nitrogens with two attached hydrogens (primary N) is 1. The Hall–Kier alpha value is -0.610. The summed E-state index contributed by atoms with van der Waals surface area (Å²) in [6.07, 6.45) is 0.862. The minimum atomic E-state index is -0.266. The van der Waals surface area contributed by atoms with Crippen molar-refractivity contribution >= 4 is 5.97 Å². The maximum Gasteiger partial charge on any atom is 0.312 e. The van der Waals surface area contributed by atoms with Gasteiger partial charge in [-0.25, -0.2) is 0 Å². The van der Waals surface area contributed by atoms with E-state index in [1.54, 1.807) is 0 Å². The van der Waals surface area contributed by atoms with E-state index in [9.17, 15) is 4.79 Å². The van der Waals surface area contributed by atoms with Crippen LogP contribution in [0.25, 0.3) is 0 Å². The van der Waals surface area contributed by atoms with Gasteiger partial charge in [-0.2, -0.15) is 0 Å². The fourth-order valence-corrected chi connectivity index (χ4v) is 1.72. The minimum Gasteiger partial charge on any atom is -0.466 e. The lowest BCUT2D eigenvalue weighted by Crippen LogP contribution is -2.53. The van der Waals surface area contributed by atoms with Crippen LogP contribution in [-0.4, -0.2) is 43.7 Å². The molecule has 15 heavy (non-hydrogen) atoms. The van der Waals surface area contributed by atoms with Gasteiger partial charge in [0.1, 0.15) is 0 Å². The zero-order valence-corrected chi connectivity index (χ0v) is 10.5. The van der Waals surface area contributed by atoms with Gasteiger partial charge in [-0.3, -0.25) is 4.79 Å². The van der Waals surface area contributed by atoms with E-state index in [0.29, 0.717) is 13.2 Å². The Balaban J connectivity index is 4.83. The van der Waals surface area contributed by atoms with Crippen LogP contribution in [-0.2, 0) is 9.53 Å². The SMILES string of the molecule is CCOC(=O)[C@H](CN)[C@@](C)(CC)N(C)C. The number of carbonyl (C=O) groups is 1. The van der Waals surface area contributed by atoms with Crippen LogP contribution in [0.1, 0.15) is 27.2 Å². The summed E-state index contributed by atoms with van der Waals surface area (Å²) < 4.78 is 5.05. The maximum atomic E-state index is 11.8. The van der Waals surface area contributed by atoms with Crippen molar-refractivity contribution in [1.82, 2.24) is 4.90 Å². The van der Waals surface area contributed by atoms with Gasteiger partial charge in [-0.15, -0.1) is 0 Å². The molecule has 4 heteroatoms. The van der Waals surface area contributed by atoms with E-state index < -0.39 is 0 Å². The molecule has 4 nitrogen and oxygen atoms in total. The topological polar surface area (TPSA) is 55.6 Å². The Morgan fingerprint density at radius 3 is 2.27 bits per heavy atom. The second-order valence-corrected chi connectivity index (χ2v) is 4.15. The van der Waals surface area contributed by atoms with Gasteiger partial charge in [0.15, 0.2) is 0 Å². The third kappa shape index (κ3) is 3.18. The van der Waals surface area contributed by atoms with Crippen LogP contribution >= 0.6 is 0 Å². The summed E-state index contributed by atoms with van der Waals surface area (Å²) in [5, 5.41) is 0. The molecule has 0 spiro atoms. The molecule has 0 bridgehead atoms. The van der Waals surface area contributed by atoms with Gasteiger partial charge >= 0.3 is 5.97 Å². The van der Waals surface area contributed by atoms with Crippen molar-refractivity contribution in [3.05, 3.63) is 0 Å². The van der Waals surface area contributed by atoms with E-state index in [4.69, 9.17) is 10.5 Å². The van der Waals surface area contributed by atoms with Crippen LogP contribution in [0.5, 0.6) is 0 Å². The van der Waals surface area contributed by atoms with Crippen molar-refractivity contribution in [3.63, 3.8) is 0 Å². The highest BCUT2D eigenvalue weighted by atomic mass is 16.5. The van der Waals surface area contributed by atoms with Crippen molar-refractivity contribution in [1.29, 1.82) is 0 Å². The molecular formula is C11H24N2O2. The van der Waals surface area contributed by atoms with E-state index in [0.717, 1.165) is 6.42 Å². The van der Waals surface area contributed by atoms with Crippen molar-refractivity contribution in [2.45, 2.75) is 32.7 Å². The molecule has 0 aliphatic carbocycles. The highest BCUT2D eigenvalue weighted by molar-refractivity contribution is 5.74. The predicted molar refractivity (Wildman–Crippen MR) is 61.6 cm³/mol. The zero-order chi connectivity index (χ0) is 12.1. The summed E-state index contributed by atoms with van der Waals surface area (Å²) in [5.74, 6) is -0.463. The summed E-state index contributed by atoms with van der Waals surface area (Å²) >= 11 is 0. The van der Waals surface area contributed by atoms with Crippen LogP contribution in [0.15, 0.2) is 0 Å². The molecule has 0 aliphatic heterocycles. The molecule has 0 rings (SSSR count). The van der Waals surface area contributed by atoms with Gasteiger partial charge in [-0.05, 0) is 34.4 Å². The highest BCUT2D eigenvalue weighted by Crippen LogP contribution is 2.26. The molecule has 90 valence electrons. The average Bonchev–Trinajstić information content (AvgIpc) is 2.18. The summed E-state index contributed by atoms with van der Waals surface area (Å²) in [5.41, 5.74) is 5.44. The number of hydrogen-bond acceptors (Lipinski definition) is 4. The summed E-state index contributed by atoms with van der Waals surface area (Å²) in [4.78, 5) is 13.8. The largest absolute Gasteiger partial charge is 0.466 e. The number of hydrogen-bond donors (Lipinski definition) is 1. The number of nitrogens with zero attached hydrogens (tertiary/aromatic N) is 1. The molecule has 2 N–H and O–H groups in total. The first kappa shape index (κ1) is 14.4. The zero-order valence-electron chi connectivity index (χ0n) is 10.5. The van der Waals surface area contributed by atoms with Crippen molar-refractivity contribution in [3.8, 4) is 0 Å². The standard InChI is InChI=1S/C11H24N2O2/c1-6-11(3,13(4)5)9(8-12)10(14)15-7-2/h9H,6-8,12H2,1-5H3/t9-,11+/m0/s1. The van der Waals surface area contributed by atoms with Crippen LogP contribution in [0, 0.1) is 5.92 Å². The van der Waals surface area contributed by atoms with E-state index >= 15 is 0 Å².